The summed E-state index contributed by atoms with van der Waals surface area (Å²) in [5.41, 5.74) is -0.991. The zero-order valence-corrected chi connectivity index (χ0v) is 14.6. The van der Waals surface area contributed by atoms with Gasteiger partial charge in [-0.2, -0.15) is 0 Å². The molecule has 0 saturated carbocycles. The van der Waals surface area contributed by atoms with Gasteiger partial charge in [0.15, 0.2) is 0 Å². The van der Waals surface area contributed by atoms with Crippen molar-refractivity contribution in [1.82, 2.24) is 5.32 Å². The molecule has 7 heteroatoms. The van der Waals surface area contributed by atoms with Gasteiger partial charge in [0.1, 0.15) is 11.6 Å². The number of carbonyl (C=O) groups is 2. The van der Waals surface area contributed by atoms with Crippen molar-refractivity contribution in [2.24, 2.45) is 5.18 Å². The first-order valence-corrected chi connectivity index (χ1v) is 7.38. The van der Waals surface area contributed by atoms with E-state index in [0.717, 1.165) is 0 Å². The summed E-state index contributed by atoms with van der Waals surface area (Å²) < 4.78 is 10.8. The first-order valence-electron chi connectivity index (χ1n) is 7.38. The van der Waals surface area contributed by atoms with Gasteiger partial charge in [-0.3, -0.25) is 4.79 Å². The quantitative estimate of drug-likeness (QED) is 0.760. The summed E-state index contributed by atoms with van der Waals surface area (Å²) in [6, 6.07) is -1.00. The van der Waals surface area contributed by atoms with Crippen LogP contribution in [0.5, 0.6) is 0 Å². The molecule has 0 radical (unpaired) electrons. The van der Waals surface area contributed by atoms with E-state index in [1.807, 2.05) is 27.7 Å². The lowest BCUT2D eigenvalue weighted by Crippen LogP contribution is -2.43. The third-order valence-corrected chi connectivity index (χ3v) is 2.50. The topological polar surface area (TPSA) is 94.1 Å². The Kier molecular flexibility index (Phi) is 7.66. The van der Waals surface area contributed by atoms with E-state index >= 15 is 0 Å². The van der Waals surface area contributed by atoms with Crippen LogP contribution in [0.2, 0.25) is 0 Å². The van der Waals surface area contributed by atoms with E-state index in [1.165, 1.54) is 0 Å². The van der Waals surface area contributed by atoms with Crippen molar-refractivity contribution in [3.05, 3.63) is 4.91 Å². The number of ether oxygens (including phenoxy) is 2. The van der Waals surface area contributed by atoms with E-state index in [0.29, 0.717) is 6.42 Å². The van der Waals surface area contributed by atoms with Crippen molar-refractivity contribution >= 4 is 12.0 Å². The number of hydrogen-bond donors (Lipinski definition) is 1. The van der Waals surface area contributed by atoms with E-state index in [1.54, 1.807) is 20.8 Å². The number of nitroso groups, excluding NO2 is 1. The van der Waals surface area contributed by atoms with E-state index < -0.39 is 23.6 Å². The maximum absolute atomic E-state index is 11.7. The second kappa shape index (κ2) is 8.22. The number of nitrogens with one attached hydrogen (secondary N) is 1. The SMILES string of the molecule is CC(CC[C@@H](NC(=O)OC(C)(C)C)C(=O)N=O)OC(C)(C)C. The molecule has 0 fully saturated rings. The Morgan fingerprint density at radius 2 is 1.59 bits per heavy atom. The molecule has 0 aromatic carbocycles. The summed E-state index contributed by atoms with van der Waals surface area (Å²) in [4.78, 5) is 33.7. The van der Waals surface area contributed by atoms with Crippen molar-refractivity contribution in [2.75, 3.05) is 0 Å². The van der Waals surface area contributed by atoms with Crippen LogP contribution in [0.3, 0.4) is 0 Å². The van der Waals surface area contributed by atoms with Gasteiger partial charge in [0.25, 0.3) is 0 Å². The van der Waals surface area contributed by atoms with Gasteiger partial charge in [-0.1, -0.05) is 0 Å². The van der Waals surface area contributed by atoms with Crippen molar-refractivity contribution in [1.29, 1.82) is 0 Å². The Bertz CT molecular complexity index is 396. The maximum Gasteiger partial charge on any atom is 0.408 e. The molecule has 0 spiro atoms. The van der Waals surface area contributed by atoms with Crippen LogP contribution in [0.15, 0.2) is 5.18 Å². The van der Waals surface area contributed by atoms with Gasteiger partial charge in [0, 0.05) is 5.18 Å². The molecule has 0 aliphatic carbocycles. The number of amides is 2. The summed E-state index contributed by atoms with van der Waals surface area (Å²) in [6.45, 7) is 12.8. The molecule has 0 saturated heterocycles. The first kappa shape index (κ1) is 20.5. The summed E-state index contributed by atoms with van der Waals surface area (Å²) in [7, 11) is 0. The van der Waals surface area contributed by atoms with Crippen LogP contribution in [0.4, 0.5) is 4.79 Å². The highest BCUT2D eigenvalue weighted by Crippen LogP contribution is 2.15. The van der Waals surface area contributed by atoms with Crippen LogP contribution < -0.4 is 5.32 Å². The Morgan fingerprint density at radius 1 is 1.05 bits per heavy atom. The Hall–Kier alpha value is -1.50. The van der Waals surface area contributed by atoms with Crippen LogP contribution in [0, 0.1) is 4.91 Å². The second-order valence-corrected chi connectivity index (χ2v) is 7.25. The zero-order valence-electron chi connectivity index (χ0n) is 14.6. The van der Waals surface area contributed by atoms with Crippen molar-refractivity contribution in [3.8, 4) is 0 Å². The minimum Gasteiger partial charge on any atom is -0.444 e. The highest BCUT2D eigenvalue weighted by Gasteiger charge is 2.26. The molecule has 0 aromatic heterocycles. The van der Waals surface area contributed by atoms with Gasteiger partial charge in [0.2, 0.25) is 0 Å². The molecule has 0 heterocycles. The molecule has 22 heavy (non-hydrogen) atoms. The predicted octanol–water partition coefficient (Wildman–Crippen LogP) is 3.16. The van der Waals surface area contributed by atoms with E-state index in [4.69, 9.17) is 9.47 Å². The lowest BCUT2D eigenvalue weighted by molar-refractivity contribution is -0.120. The third kappa shape index (κ3) is 10.3. The monoisotopic (exact) mass is 316 g/mol. The van der Waals surface area contributed by atoms with Crippen LogP contribution >= 0.6 is 0 Å². The minimum absolute atomic E-state index is 0.123. The average Bonchev–Trinajstić information content (AvgIpc) is 2.28. The smallest absolute Gasteiger partial charge is 0.408 e. The summed E-state index contributed by atoms with van der Waals surface area (Å²) in [5.74, 6) is -0.922. The molecular formula is C15H28N2O5. The normalized spacial score (nSPS) is 14.9. The fourth-order valence-corrected chi connectivity index (χ4v) is 1.83. The number of alkyl carbamates (subject to hydrolysis) is 1. The largest absolute Gasteiger partial charge is 0.444 e. The molecule has 128 valence electrons. The van der Waals surface area contributed by atoms with Gasteiger partial charge in [-0.25, -0.2) is 4.79 Å². The molecule has 0 aliphatic rings. The molecule has 0 bridgehead atoms. The van der Waals surface area contributed by atoms with Crippen LogP contribution in [-0.2, 0) is 14.3 Å². The molecule has 0 aromatic rings. The minimum atomic E-state index is -1.00. The Balaban J connectivity index is 4.57. The highest BCUT2D eigenvalue weighted by atomic mass is 16.6. The molecule has 1 N–H and O–H groups in total. The molecule has 2 atom stereocenters. The summed E-state index contributed by atoms with van der Waals surface area (Å²) >= 11 is 0. The molecular weight excluding hydrogens is 288 g/mol. The van der Waals surface area contributed by atoms with Crippen LogP contribution in [0.25, 0.3) is 0 Å². The van der Waals surface area contributed by atoms with Gasteiger partial charge in [-0.15, -0.1) is 4.91 Å². The number of nitrogens with zero attached hydrogens (tertiary/aromatic N) is 1. The van der Waals surface area contributed by atoms with Crippen molar-refractivity contribution in [3.63, 3.8) is 0 Å². The average molecular weight is 316 g/mol. The lowest BCUT2D eigenvalue weighted by atomic mass is 10.1. The zero-order chi connectivity index (χ0) is 17.6. The standard InChI is InChI=1S/C15H28N2O5/c1-10(21-14(2,3)4)8-9-11(12(18)17-20)16-13(19)22-15(5,6)7/h10-11H,8-9H2,1-7H3,(H,16,19)/t10?,11-/m1/s1. The van der Waals surface area contributed by atoms with Gasteiger partial charge >= 0.3 is 12.0 Å². The number of carbonyl (C=O) groups excluding carboxylic acids is 2. The first-order chi connectivity index (χ1) is 9.84. The number of rotatable bonds is 6. The fraction of sp³-hybridized carbons (Fsp3) is 0.867. The van der Waals surface area contributed by atoms with E-state index in [2.05, 4.69) is 10.5 Å². The predicted molar refractivity (Wildman–Crippen MR) is 83.5 cm³/mol. The van der Waals surface area contributed by atoms with Gasteiger partial charge in [0.05, 0.1) is 11.7 Å². The lowest BCUT2D eigenvalue weighted by Gasteiger charge is -2.26. The van der Waals surface area contributed by atoms with E-state index in [-0.39, 0.29) is 18.1 Å². The van der Waals surface area contributed by atoms with E-state index in [9.17, 15) is 14.5 Å². The van der Waals surface area contributed by atoms with Crippen LogP contribution in [-0.4, -0.2) is 35.3 Å². The second-order valence-electron chi connectivity index (χ2n) is 7.25. The highest BCUT2D eigenvalue weighted by molar-refractivity contribution is 5.86. The molecule has 0 rings (SSSR count). The fourth-order valence-electron chi connectivity index (χ4n) is 1.83. The molecule has 7 nitrogen and oxygen atoms in total. The Morgan fingerprint density at radius 3 is 2.00 bits per heavy atom. The Labute approximate surface area is 132 Å². The molecule has 2 amide bonds. The third-order valence-electron chi connectivity index (χ3n) is 2.50. The molecule has 1 unspecified atom stereocenters. The van der Waals surface area contributed by atoms with Gasteiger partial charge < -0.3 is 14.8 Å². The summed E-state index contributed by atoms with van der Waals surface area (Å²) in [5, 5.41) is 4.77. The van der Waals surface area contributed by atoms with Crippen molar-refractivity contribution < 1.29 is 19.1 Å². The van der Waals surface area contributed by atoms with Crippen LogP contribution in [0.1, 0.15) is 61.3 Å². The van der Waals surface area contributed by atoms with Gasteiger partial charge in [-0.05, 0) is 61.3 Å². The summed E-state index contributed by atoms with van der Waals surface area (Å²) in [6.07, 6.45) is -0.124. The molecule has 0 aliphatic heterocycles. The number of hydrogen-bond acceptors (Lipinski definition) is 5. The van der Waals surface area contributed by atoms with Crippen molar-refractivity contribution in [2.45, 2.75) is 84.7 Å². The maximum atomic E-state index is 11.7.